The molecule has 1 aromatic carbocycles. The summed E-state index contributed by atoms with van der Waals surface area (Å²) in [7, 11) is -3.77. The third-order valence-corrected chi connectivity index (χ3v) is 3.51. The van der Waals surface area contributed by atoms with E-state index < -0.39 is 10.0 Å². The molecular weight excluding hydrogens is 280 g/mol. The fourth-order valence-corrected chi connectivity index (χ4v) is 2.18. The average molecular weight is 294 g/mol. The smallest absolute Gasteiger partial charge is 0.238 e. The van der Waals surface area contributed by atoms with Crippen LogP contribution in [0, 0.1) is 0 Å². The number of rotatable bonds is 5. The lowest BCUT2D eigenvalue weighted by atomic mass is 10.3. The first kappa shape index (κ1) is 14.2. The zero-order valence-electron chi connectivity index (χ0n) is 10.6. The molecule has 0 bridgehead atoms. The highest BCUT2D eigenvalue weighted by atomic mass is 32.2. The molecule has 0 spiro atoms. The van der Waals surface area contributed by atoms with Crippen LogP contribution in [0.25, 0.3) is 0 Å². The van der Waals surface area contributed by atoms with Gasteiger partial charge in [0.25, 0.3) is 0 Å². The molecule has 0 fully saturated rings. The van der Waals surface area contributed by atoms with Gasteiger partial charge in [0, 0.05) is 31.0 Å². The van der Waals surface area contributed by atoms with E-state index in [0.717, 1.165) is 0 Å². The monoisotopic (exact) mass is 294 g/mol. The molecule has 0 atom stereocenters. The second-order valence-corrected chi connectivity index (χ2v) is 5.73. The minimum Gasteiger partial charge on any atom is -0.337 e. The third kappa shape index (κ3) is 3.90. The number of aryl methyl sites for hydroxylation is 1. The Labute approximate surface area is 116 Å². The minimum atomic E-state index is -3.77. The molecule has 0 aliphatic heterocycles. The van der Waals surface area contributed by atoms with Crippen LogP contribution in [0.1, 0.15) is 6.42 Å². The number of carbonyl (C=O) groups is 1. The number of nitrogens with one attached hydrogen (secondary N) is 1. The molecule has 0 aliphatic carbocycles. The van der Waals surface area contributed by atoms with Crippen molar-refractivity contribution in [2.24, 2.45) is 5.14 Å². The molecule has 106 valence electrons. The molecule has 0 aliphatic rings. The summed E-state index contributed by atoms with van der Waals surface area (Å²) >= 11 is 0. The Hall–Kier alpha value is -2.19. The molecule has 1 aromatic heterocycles. The van der Waals surface area contributed by atoms with Crippen molar-refractivity contribution in [3.05, 3.63) is 43.0 Å². The van der Waals surface area contributed by atoms with Gasteiger partial charge in [-0.2, -0.15) is 0 Å². The Balaban J connectivity index is 1.97. The van der Waals surface area contributed by atoms with Crippen LogP contribution in [-0.4, -0.2) is 23.9 Å². The van der Waals surface area contributed by atoms with Crippen molar-refractivity contribution in [1.29, 1.82) is 0 Å². The van der Waals surface area contributed by atoms with Crippen LogP contribution in [0.5, 0.6) is 0 Å². The summed E-state index contributed by atoms with van der Waals surface area (Å²) in [6.45, 7) is 0.501. The van der Waals surface area contributed by atoms with Crippen LogP contribution in [0.4, 0.5) is 5.69 Å². The standard InChI is InChI=1S/C12H14N4O3S/c13-20(18,19)11-3-1-2-10(8-11)15-12(17)4-6-16-7-5-14-9-16/h1-3,5,7-9H,4,6H2,(H,15,17)(H2,13,18,19). The van der Waals surface area contributed by atoms with Gasteiger partial charge in [0.15, 0.2) is 0 Å². The van der Waals surface area contributed by atoms with Gasteiger partial charge in [-0.05, 0) is 18.2 Å². The largest absolute Gasteiger partial charge is 0.337 e. The molecular formula is C12H14N4O3S. The van der Waals surface area contributed by atoms with Gasteiger partial charge in [-0.15, -0.1) is 0 Å². The zero-order valence-corrected chi connectivity index (χ0v) is 11.4. The van der Waals surface area contributed by atoms with Gasteiger partial charge in [-0.1, -0.05) is 6.07 Å². The predicted octanol–water partition coefficient (Wildman–Crippen LogP) is 0.559. The Morgan fingerprint density at radius 2 is 2.20 bits per heavy atom. The number of carbonyl (C=O) groups excluding carboxylic acids is 1. The topological polar surface area (TPSA) is 107 Å². The lowest BCUT2D eigenvalue weighted by Crippen LogP contribution is -2.15. The van der Waals surface area contributed by atoms with Gasteiger partial charge in [0.2, 0.25) is 15.9 Å². The Kier molecular flexibility index (Phi) is 4.16. The second kappa shape index (κ2) is 5.85. The van der Waals surface area contributed by atoms with Crippen molar-refractivity contribution in [3.8, 4) is 0 Å². The summed E-state index contributed by atoms with van der Waals surface area (Å²) in [6.07, 6.45) is 5.27. The fourth-order valence-electron chi connectivity index (χ4n) is 1.62. The van der Waals surface area contributed by atoms with Crippen molar-refractivity contribution >= 4 is 21.6 Å². The van der Waals surface area contributed by atoms with Gasteiger partial charge < -0.3 is 9.88 Å². The highest BCUT2D eigenvalue weighted by molar-refractivity contribution is 7.89. The summed E-state index contributed by atoms with van der Waals surface area (Å²) in [5.41, 5.74) is 0.396. The molecule has 8 heteroatoms. The maximum Gasteiger partial charge on any atom is 0.238 e. The van der Waals surface area contributed by atoms with Crippen LogP contribution in [-0.2, 0) is 21.4 Å². The van der Waals surface area contributed by atoms with E-state index in [-0.39, 0.29) is 17.2 Å². The van der Waals surface area contributed by atoms with Crippen molar-refractivity contribution in [1.82, 2.24) is 9.55 Å². The van der Waals surface area contributed by atoms with Crippen LogP contribution in [0.2, 0.25) is 0 Å². The average Bonchev–Trinajstić information content (AvgIpc) is 2.89. The van der Waals surface area contributed by atoms with Gasteiger partial charge in [-0.3, -0.25) is 4.79 Å². The lowest BCUT2D eigenvalue weighted by molar-refractivity contribution is -0.116. The van der Waals surface area contributed by atoms with E-state index in [1.807, 2.05) is 0 Å². The number of aromatic nitrogens is 2. The number of amides is 1. The first-order chi connectivity index (χ1) is 9.45. The quantitative estimate of drug-likeness (QED) is 0.840. The van der Waals surface area contributed by atoms with Gasteiger partial charge in [0.1, 0.15) is 0 Å². The highest BCUT2D eigenvalue weighted by Crippen LogP contribution is 2.14. The number of hydrogen-bond acceptors (Lipinski definition) is 4. The van der Waals surface area contributed by atoms with Crippen LogP contribution in [0.15, 0.2) is 47.9 Å². The van der Waals surface area contributed by atoms with E-state index >= 15 is 0 Å². The molecule has 2 aromatic rings. The number of imidazole rings is 1. The van der Waals surface area contributed by atoms with Crippen molar-refractivity contribution in [2.75, 3.05) is 5.32 Å². The number of hydrogen-bond donors (Lipinski definition) is 2. The molecule has 20 heavy (non-hydrogen) atoms. The normalized spacial score (nSPS) is 11.2. The van der Waals surface area contributed by atoms with Crippen LogP contribution >= 0.6 is 0 Å². The Morgan fingerprint density at radius 1 is 1.40 bits per heavy atom. The molecule has 0 radical (unpaired) electrons. The predicted molar refractivity (Wildman–Crippen MR) is 73.3 cm³/mol. The minimum absolute atomic E-state index is 0.0371. The fraction of sp³-hybridized carbons (Fsp3) is 0.167. The first-order valence-corrected chi connectivity index (χ1v) is 7.38. The molecule has 0 unspecified atom stereocenters. The summed E-state index contributed by atoms with van der Waals surface area (Å²) in [6, 6.07) is 5.82. The van der Waals surface area contributed by atoms with Gasteiger partial charge >= 0.3 is 0 Å². The number of benzene rings is 1. The van der Waals surface area contributed by atoms with E-state index in [2.05, 4.69) is 10.3 Å². The molecule has 2 rings (SSSR count). The van der Waals surface area contributed by atoms with E-state index in [4.69, 9.17) is 5.14 Å². The molecule has 0 saturated carbocycles. The molecule has 1 heterocycles. The van der Waals surface area contributed by atoms with Crippen molar-refractivity contribution < 1.29 is 13.2 Å². The number of sulfonamides is 1. The van der Waals surface area contributed by atoms with Crippen LogP contribution < -0.4 is 10.5 Å². The Morgan fingerprint density at radius 3 is 2.85 bits per heavy atom. The number of anilines is 1. The maximum atomic E-state index is 11.7. The van der Waals surface area contributed by atoms with Gasteiger partial charge in [0.05, 0.1) is 11.2 Å². The summed E-state index contributed by atoms with van der Waals surface area (Å²) in [5, 5.41) is 7.65. The van der Waals surface area contributed by atoms with E-state index in [0.29, 0.717) is 12.2 Å². The molecule has 0 saturated heterocycles. The zero-order chi connectivity index (χ0) is 14.6. The Bertz CT molecular complexity index is 695. The summed E-state index contributed by atoms with van der Waals surface area (Å²) in [4.78, 5) is 15.6. The lowest BCUT2D eigenvalue weighted by Gasteiger charge is -2.07. The van der Waals surface area contributed by atoms with Crippen molar-refractivity contribution in [2.45, 2.75) is 17.9 Å². The molecule has 1 amide bonds. The van der Waals surface area contributed by atoms with Crippen molar-refractivity contribution in [3.63, 3.8) is 0 Å². The molecule has 3 N–H and O–H groups in total. The van der Waals surface area contributed by atoms with E-state index in [9.17, 15) is 13.2 Å². The first-order valence-electron chi connectivity index (χ1n) is 5.83. The maximum absolute atomic E-state index is 11.7. The van der Waals surface area contributed by atoms with E-state index in [1.54, 1.807) is 29.4 Å². The number of nitrogens with two attached hydrogens (primary N) is 1. The SMILES string of the molecule is NS(=O)(=O)c1cccc(NC(=O)CCn2ccnc2)c1. The number of nitrogens with zero attached hydrogens (tertiary/aromatic N) is 2. The number of primary sulfonamides is 1. The summed E-state index contributed by atoms with van der Waals surface area (Å²) < 4.78 is 24.2. The second-order valence-electron chi connectivity index (χ2n) is 4.17. The van der Waals surface area contributed by atoms with Crippen LogP contribution in [0.3, 0.4) is 0 Å². The third-order valence-electron chi connectivity index (χ3n) is 2.60. The van der Waals surface area contributed by atoms with E-state index in [1.165, 1.54) is 18.2 Å². The summed E-state index contributed by atoms with van der Waals surface area (Å²) in [5.74, 6) is -0.217. The van der Waals surface area contributed by atoms with Gasteiger partial charge in [-0.25, -0.2) is 18.5 Å². The molecule has 7 nitrogen and oxygen atoms in total. The highest BCUT2D eigenvalue weighted by Gasteiger charge is 2.09.